The summed E-state index contributed by atoms with van der Waals surface area (Å²) in [6, 6.07) is 34.7. The highest BCUT2D eigenvalue weighted by molar-refractivity contribution is 5.89. The number of carbonyl (C=O) groups is 2. The van der Waals surface area contributed by atoms with Gasteiger partial charge in [0.25, 0.3) is 0 Å². The van der Waals surface area contributed by atoms with Crippen LogP contribution in [0.4, 0.5) is 0 Å². The maximum absolute atomic E-state index is 12.1. The van der Waals surface area contributed by atoms with E-state index in [0.717, 1.165) is 43.4 Å². The van der Waals surface area contributed by atoms with Crippen molar-refractivity contribution in [1.29, 1.82) is 0 Å². The van der Waals surface area contributed by atoms with Crippen LogP contribution >= 0.6 is 0 Å². The Kier molecular flexibility index (Phi) is 12.8. The largest absolute Gasteiger partial charge is 0.489 e. The van der Waals surface area contributed by atoms with E-state index in [4.69, 9.17) is 14.2 Å². The maximum Gasteiger partial charge on any atom is 0.338 e. The van der Waals surface area contributed by atoms with Crippen LogP contribution in [0.25, 0.3) is 11.1 Å². The molecule has 0 heterocycles. The summed E-state index contributed by atoms with van der Waals surface area (Å²) in [6.07, 6.45) is 7.80. The van der Waals surface area contributed by atoms with Crippen molar-refractivity contribution >= 4 is 11.9 Å². The fourth-order valence-electron chi connectivity index (χ4n) is 5.29. The minimum atomic E-state index is -0.307. The van der Waals surface area contributed by atoms with Crippen molar-refractivity contribution in [2.45, 2.75) is 52.6 Å². The standard InChI is InChI=1S/C39H42O5/c1-3-42-38(40)21-13-8-14-30(28-31-23-26-34(27-24-31)39(41)43-4-2)22-25-33-17-10-12-20-37(33)44-29-35-18-9-11-19-36(35)32-15-6-5-7-16-32/h5-7,9-13,15-21,23-24,26-27,30H,3-4,8,14,22,25,28-29H2,1-2H3. The van der Waals surface area contributed by atoms with Crippen molar-refractivity contribution < 1.29 is 23.8 Å². The van der Waals surface area contributed by atoms with Crippen LogP contribution in [0.1, 0.15) is 60.2 Å². The van der Waals surface area contributed by atoms with Crippen LogP contribution in [-0.4, -0.2) is 25.2 Å². The first-order chi connectivity index (χ1) is 21.6. The van der Waals surface area contributed by atoms with Crippen molar-refractivity contribution in [2.75, 3.05) is 13.2 Å². The molecular weight excluding hydrogens is 548 g/mol. The molecule has 0 aromatic heterocycles. The lowest BCUT2D eigenvalue weighted by Gasteiger charge is -2.18. The van der Waals surface area contributed by atoms with Gasteiger partial charge in [-0.25, -0.2) is 9.59 Å². The number of aryl methyl sites for hydroxylation is 1. The van der Waals surface area contributed by atoms with Gasteiger partial charge in [-0.05, 0) is 97.9 Å². The Morgan fingerprint density at radius 1 is 0.727 bits per heavy atom. The van der Waals surface area contributed by atoms with Gasteiger partial charge in [-0.1, -0.05) is 91.0 Å². The number of rotatable bonds is 16. The van der Waals surface area contributed by atoms with Crippen LogP contribution in [0.3, 0.4) is 0 Å². The molecule has 1 atom stereocenters. The predicted molar refractivity (Wildman–Crippen MR) is 176 cm³/mol. The van der Waals surface area contributed by atoms with Gasteiger partial charge in [0.05, 0.1) is 18.8 Å². The van der Waals surface area contributed by atoms with E-state index in [0.29, 0.717) is 31.3 Å². The zero-order valence-electron chi connectivity index (χ0n) is 25.7. The number of hydrogen-bond acceptors (Lipinski definition) is 5. The molecule has 0 aliphatic carbocycles. The zero-order valence-corrected chi connectivity index (χ0v) is 25.7. The van der Waals surface area contributed by atoms with Crippen LogP contribution < -0.4 is 4.74 Å². The molecular formula is C39H42O5. The van der Waals surface area contributed by atoms with Gasteiger partial charge in [0.2, 0.25) is 0 Å². The number of carbonyl (C=O) groups excluding carboxylic acids is 2. The molecule has 4 aromatic carbocycles. The molecule has 0 aliphatic heterocycles. The molecule has 4 aromatic rings. The lowest BCUT2D eigenvalue weighted by Crippen LogP contribution is -2.09. The number of esters is 2. The molecule has 0 saturated heterocycles. The van der Waals surface area contributed by atoms with Crippen molar-refractivity contribution in [3.05, 3.63) is 138 Å². The monoisotopic (exact) mass is 590 g/mol. The van der Waals surface area contributed by atoms with Crippen molar-refractivity contribution in [3.63, 3.8) is 0 Å². The van der Waals surface area contributed by atoms with Gasteiger partial charge < -0.3 is 14.2 Å². The van der Waals surface area contributed by atoms with Crippen LogP contribution in [0.15, 0.2) is 115 Å². The minimum Gasteiger partial charge on any atom is -0.489 e. The summed E-state index contributed by atoms with van der Waals surface area (Å²) in [5, 5.41) is 0. The van der Waals surface area contributed by atoms with E-state index in [-0.39, 0.29) is 11.9 Å². The summed E-state index contributed by atoms with van der Waals surface area (Å²) >= 11 is 0. The number of para-hydroxylation sites is 1. The normalized spacial score (nSPS) is 11.7. The summed E-state index contributed by atoms with van der Waals surface area (Å²) in [6.45, 7) is 4.81. The van der Waals surface area contributed by atoms with E-state index in [1.165, 1.54) is 28.3 Å². The second-order valence-corrected chi connectivity index (χ2v) is 10.7. The highest BCUT2D eigenvalue weighted by atomic mass is 16.5. The lowest BCUT2D eigenvalue weighted by molar-refractivity contribution is -0.137. The third kappa shape index (κ3) is 9.98. The summed E-state index contributed by atoms with van der Waals surface area (Å²) in [5.41, 5.74) is 6.40. The third-order valence-corrected chi connectivity index (χ3v) is 7.55. The first-order valence-corrected chi connectivity index (χ1v) is 15.5. The second-order valence-electron chi connectivity index (χ2n) is 10.7. The minimum absolute atomic E-state index is 0.303. The fraction of sp³-hybridized carbons (Fsp3) is 0.282. The number of ether oxygens (including phenoxy) is 3. The Balaban J connectivity index is 1.43. The Morgan fingerprint density at radius 2 is 1.41 bits per heavy atom. The average molecular weight is 591 g/mol. The zero-order chi connectivity index (χ0) is 31.0. The summed E-state index contributed by atoms with van der Waals surface area (Å²) in [7, 11) is 0. The van der Waals surface area contributed by atoms with Crippen LogP contribution in [0.2, 0.25) is 0 Å². The predicted octanol–water partition coefficient (Wildman–Crippen LogP) is 8.80. The van der Waals surface area contributed by atoms with Gasteiger partial charge in [0.15, 0.2) is 0 Å². The molecule has 0 amide bonds. The summed E-state index contributed by atoms with van der Waals surface area (Å²) in [5.74, 6) is 0.651. The Labute approximate surface area is 261 Å². The molecule has 0 spiro atoms. The molecule has 0 N–H and O–H groups in total. The molecule has 5 nitrogen and oxygen atoms in total. The summed E-state index contributed by atoms with van der Waals surface area (Å²) < 4.78 is 16.6. The molecule has 44 heavy (non-hydrogen) atoms. The SMILES string of the molecule is CCOC(=O)C=CCCC(CCc1ccccc1OCc1ccccc1-c1ccccc1)Cc1ccc(C(=O)OCC)cc1. The molecule has 0 saturated carbocycles. The first-order valence-electron chi connectivity index (χ1n) is 15.5. The van der Waals surface area contributed by atoms with Gasteiger partial charge in [0.1, 0.15) is 12.4 Å². The van der Waals surface area contributed by atoms with Crippen molar-refractivity contribution in [2.24, 2.45) is 5.92 Å². The molecule has 0 aliphatic rings. The van der Waals surface area contributed by atoms with Crippen molar-refractivity contribution in [1.82, 2.24) is 0 Å². The van der Waals surface area contributed by atoms with Crippen LogP contribution in [-0.2, 0) is 33.7 Å². The molecule has 0 radical (unpaired) electrons. The van der Waals surface area contributed by atoms with Crippen molar-refractivity contribution in [3.8, 4) is 16.9 Å². The van der Waals surface area contributed by atoms with Gasteiger partial charge >= 0.3 is 11.9 Å². The molecule has 0 bridgehead atoms. The third-order valence-electron chi connectivity index (χ3n) is 7.55. The van der Waals surface area contributed by atoms with E-state index in [1.807, 2.05) is 48.5 Å². The molecule has 1 unspecified atom stereocenters. The van der Waals surface area contributed by atoms with Gasteiger partial charge in [0, 0.05) is 6.08 Å². The number of allylic oxidation sites excluding steroid dienone is 1. The molecule has 4 rings (SSSR count). The molecule has 5 heteroatoms. The fourth-order valence-corrected chi connectivity index (χ4v) is 5.29. The van der Waals surface area contributed by atoms with Gasteiger partial charge in [-0.2, -0.15) is 0 Å². The Morgan fingerprint density at radius 3 is 2.16 bits per heavy atom. The van der Waals surface area contributed by atoms with Gasteiger partial charge in [-0.3, -0.25) is 0 Å². The van der Waals surface area contributed by atoms with Gasteiger partial charge in [-0.15, -0.1) is 0 Å². The quantitative estimate of drug-likeness (QED) is 0.0964. The Bertz CT molecular complexity index is 1490. The van der Waals surface area contributed by atoms with E-state index >= 15 is 0 Å². The topological polar surface area (TPSA) is 61.8 Å². The van der Waals surface area contributed by atoms with Crippen LogP contribution in [0.5, 0.6) is 5.75 Å². The average Bonchev–Trinajstić information content (AvgIpc) is 3.06. The molecule has 228 valence electrons. The van der Waals surface area contributed by atoms with Crippen LogP contribution in [0, 0.1) is 5.92 Å². The first kappa shape index (κ1) is 32.3. The Hall–Kier alpha value is -4.64. The smallest absolute Gasteiger partial charge is 0.338 e. The van der Waals surface area contributed by atoms with E-state index < -0.39 is 0 Å². The number of benzene rings is 4. The highest BCUT2D eigenvalue weighted by Gasteiger charge is 2.14. The number of hydrogen-bond donors (Lipinski definition) is 0. The summed E-state index contributed by atoms with van der Waals surface area (Å²) in [4.78, 5) is 23.9. The van der Waals surface area contributed by atoms with E-state index in [2.05, 4.69) is 60.7 Å². The second kappa shape index (κ2) is 17.5. The molecule has 0 fully saturated rings. The van der Waals surface area contributed by atoms with E-state index in [9.17, 15) is 9.59 Å². The maximum atomic E-state index is 12.1. The van der Waals surface area contributed by atoms with E-state index in [1.54, 1.807) is 13.8 Å². The highest BCUT2D eigenvalue weighted by Crippen LogP contribution is 2.28. The lowest BCUT2D eigenvalue weighted by atomic mass is 9.88.